The highest BCUT2D eigenvalue weighted by Gasteiger charge is 2.21. The summed E-state index contributed by atoms with van der Waals surface area (Å²) in [4.78, 5) is 0. The molecule has 13 heavy (non-hydrogen) atoms. The van der Waals surface area contributed by atoms with Crippen molar-refractivity contribution < 1.29 is 4.74 Å². The van der Waals surface area contributed by atoms with Crippen LogP contribution < -0.4 is 11.1 Å². The summed E-state index contributed by atoms with van der Waals surface area (Å²) in [5, 5.41) is 3.40. The average molecular weight is 188 g/mol. The molecule has 0 radical (unpaired) electrons. The summed E-state index contributed by atoms with van der Waals surface area (Å²) in [6.45, 7) is 8.03. The molecular weight excluding hydrogens is 164 g/mol. The van der Waals surface area contributed by atoms with E-state index in [1.807, 2.05) is 0 Å². The minimum atomic E-state index is -0.0786. The Hall–Kier alpha value is -0.120. The summed E-state index contributed by atoms with van der Waals surface area (Å²) in [6.07, 6.45) is 2.10. The molecule has 0 fully saturated rings. The lowest BCUT2D eigenvalue weighted by Gasteiger charge is -2.28. The monoisotopic (exact) mass is 188 g/mol. The number of methoxy groups -OCH3 is 1. The highest BCUT2D eigenvalue weighted by atomic mass is 16.5. The fraction of sp³-hybridized carbons (Fsp3) is 1.00. The highest BCUT2D eigenvalue weighted by molar-refractivity contribution is 4.78. The van der Waals surface area contributed by atoms with Crippen molar-refractivity contribution in [2.24, 2.45) is 5.73 Å². The van der Waals surface area contributed by atoms with E-state index in [1.165, 1.54) is 0 Å². The van der Waals surface area contributed by atoms with Crippen LogP contribution in [0, 0.1) is 0 Å². The van der Waals surface area contributed by atoms with Gasteiger partial charge in [0.25, 0.3) is 0 Å². The quantitative estimate of drug-likeness (QED) is 0.629. The van der Waals surface area contributed by atoms with Crippen LogP contribution in [-0.2, 0) is 4.74 Å². The van der Waals surface area contributed by atoms with Crippen molar-refractivity contribution in [1.29, 1.82) is 0 Å². The maximum Gasteiger partial charge on any atom is 0.0638 e. The third kappa shape index (κ3) is 6.02. The zero-order valence-electron chi connectivity index (χ0n) is 9.39. The van der Waals surface area contributed by atoms with E-state index in [9.17, 15) is 0 Å². The Kier molecular flexibility index (Phi) is 6.29. The van der Waals surface area contributed by atoms with Crippen LogP contribution in [0.1, 0.15) is 33.6 Å². The number of hydrogen-bond donors (Lipinski definition) is 2. The second-order valence-corrected chi connectivity index (χ2v) is 4.05. The van der Waals surface area contributed by atoms with Crippen molar-refractivity contribution in [3.63, 3.8) is 0 Å². The Morgan fingerprint density at radius 1 is 1.46 bits per heavy atom. The number of hydrogen-bond acceptors (Lipinski definition) is 3. The fourth-order valence-corrected chi connectivity index (χ4v) is 1.26. The first-order chi connectivity index (χ1) is 6.05. The molecule has 0 saturated heterocycles. The molecule has 3 heteroatoms. The Balaban J connectivity index is 3.82. The van der Waals surface area contributed by atoms with E-state index in [1.54, 1.807) is 7.11 Å². The van der Waals surface area contributed by atoms with Gasteiger partial charge in [0.2, 0.25) is 0 Å². The molecule has 1 atom stereocenters. The van der Waals surface area contributed by atoms with E-state index in [0.29, 0.717) is 12.6 Å². The van der Waals surface area contributed by atoms with Gasteiger partial charge in [0.15, 0.2) is 0 Å². The maximum absolute atomic E-state index is 5.66. The molecule has 0 aromatic carbocycles. The molecule has 80 valence electrons. The fourth-order valence-electron chi connectivity index (χ4n) is 1.26. The molecule has 1 unspecified atom stereocenters. The Morgan fingerprint density at radius 2 is 2.08 bits per heavy atom. The molecule has 0 rings (SSSR count). The number of nitrogens with two attached hydrogens (primary N) is 1. The van der Waals surface area contributed by atoms with Crippen molar-refractivity contribution in [2.75, 3.05) is 20.2 Å². The van der Waals surface area contributed by atoms with E-state index >= 15 is 0 Å². The lowest BCUT2D eigenvalue weighted by molar-refractivity contribution is 0.00783. The zero-order chi connectivity index (χ0) is 10.3. The number of rotatable bonds is 7. The van der Waals surface area contributed by atoms with Gasteiger partial charge in [0.05, 0.1) is 5.60 Å². The minimum absolute atomic E-state index is 0.0786. The van der Waals surface area contributed by atoms with Crippen LogP contribution >= 0.6 is 0 Å². The van der Waals surface area contributed by atoms with Crippen molar-refractivity contribution >= 4 is 0 Å². The molecule has 0 spiro atoms. The third-order valence-electron chi connectivity index (χ3n) is 2.26. The van der Waals surface area contributed by atoms with E-state index in [4.69, 9.17) is 10.5 Å². The molecule has 3 N–H and O–H groups in total. The van der Waals surface area contributed by atoms with Gasteiger partial charge in [-0.3, -0.25) is 0 Å². The van der Waals surface area contributed by atoms with Gasteiger partial charge in [0, 0.05) is 19.7 Å². The molecule has 0 amide bonds. The molecule has 0 aliphatic carbocycles. The van der Waals surface area contributed by atoms with Gasteiger partial charge < -0.3 is 15.8 Å². The lowest BCUT2D eigenvalue weighted by Crippen LogP contribution is -2.42. The highest BCUT2D eigenvalue weighted by Crippen LogP contribution is 2.14. The van der Waals surface area contributed by atoms with Crippen LogP contribution in [0.3, 0.4) is 0 Å². The second kappa shape index (κ2) is 6.35. The van der Waals surface area contributed by atoms with E-state index in [2.05, 4.69) is 26.1 Å². The summed E-state index contributed by atoms with van der Waals surface area (Å²) in [5.74, 6) is 0. The van der Waals surface area contributed by atoms with Gasteiger partial charge in [-0.1, -0.05) is 6.92 Å². The Morgan fingerprint density at radius 3 is 2.46 bits per heavy atom. The molecule has 0 aliphatic rings. The van der Waals surface area contributed by atoms with Crippen LogP contribution in [0.15, 0.2) is 0 Å². The van der Waals surface area contributed by atoms with Crippen molar-refractivity contribution in [1.82, 2.24) is 5.32 Å². The zero-order valence-corrected chi connectivity index (χ0v) is 9.39. The molecular formula is C10H24N2O. The van der Waals surface area contributed by atoms with Gasteiger partial charge in [-0.25, -0.2) is 0 Å². The Labute approximate surface area is 82.0 Å². The first kappa shape index (κ1) is 12.9. The standard InChI is InChI=1S/C10H24N2O/c1-5-6-12-9(8-11)7-10(2,3)13-4/h9,12H,5-8,11H2,1-4H3. The number of ether oxygens (including phenoxy) is 1. The molecule has 0 saturated carbocycles. The van der Waals surface area contributed by atoms with Gasteiger partial charge >= 0.3 is 0 Å². The molecule has 3 nitrogen and oxygen atoms in total. The van der Waals surface area contributed by atoms with Crippen LogP contribution in [0.2, 0.25) is 0 Å². The summed E-state index contributed by atoms with van der Waals surface area (Å²) in [5.41, 5.74) is 5.58. The molecule has 0 aromatic rings. The SMILES string of the molecule is CCCNC(CN)CC(C)(C)OC. The predicted molar refractivity (Wildman–Crippen MR) is 56.8 cm³/mol. The smallest absolute Gasteiger partial charge is 0.0638 e. The summed E-state index contributed by atoms with van der Waals surface area (Å²) < 4.78 is 5.35. The summed E-state index contributed by atoms with van der Waals surface area (Å²) >= 11 is 0. The van der Waals surface area contributed by atoms with Crippen LogP contribution in [-0.4, -0.2) is 31.8 Å². The van der Waals surface area contributed by atoms with Gasteiger partial charge in [-0.15, -0.1) is 0 Å². The van der Waals surface area contributed by atoms with Crippen LogP contribution in [0.25, 0.3) is 0 Å². The topological polar surface area (TPSA) is 47.3 Å². The first-order valence-corrected chi connectivity index (χ1v) is 5.04. The van der Waals surface area contributed by atoms with Crippen LogP contribution in [0.4, 0.5) is 0 Å². The molecule has 0 heterocycles. The predicted octanol–water partition coefficient (Wildman–Crippen LogP) is 1.13. The van der Waals surface area contributed by atoms with Gasteiger partial charge in [-0.2, -0.15) is 0 Å². The lowest BCUT2D eigenvalue weighted by atomic mass is 9.99. The van der Waals surface area contributed by atoms with Crippen molar-refractivity contribution in [3.8, 4) is 0 Å². The number of nitrogens with one attached hydrogen (secondary N) is 1. The molecule has 0 bridgehead atoms. The van der Waals surface area contributed by atoms with E-state index in [0.717, 1.165) is 19.4 Å². The first-order valence-electron chi connectivity index (χ1n) is 5.04. The largest absolute Gasteiger partial charge is 0.379 e. The summed E-state index contributed by atoms with van der Waals surface area (Å²) in [7, 11) is 1.74. The summed E-state index contributed by atoms with van der Waals surface area (Å²) in [6, 6.07) is 0.370. The molecule has 0 aromatic heterocycles. The minimum Gasteiger partial charge on any atom is -0.379 e. The van der Waals surface area contributed by atoms with Crippen LogP contribution in [0.5, 0.6) is 0 Å². The second-order valence-electron chi connectivity index (χ2n) is 4.05. The maximum atomic E-state index is 5.66. The average Bonchev–Trinajstić information content (AvgIpc) is 2.12. The van der Waals surface area contributed by atoms with E-state index in [-0.39, 0.29) is 5.60 Å². The van der Waals surface area contributed by atoms with Crippen molar-refractivity contribution in [3.05, 3.63) is 0 Å². The Bertz CT molecular complexity index is 126. The molecule has 0 aliphatic heterocycles. The van der Waals surface area contributed by atoms with Crippen molar-refractivity contribution in [2.45, 2.75) is 45.3 Å². The normalized spacial score (nSPS) is 14.5. The van der Waals surface area contributed by atoms with Gasteiger partial charge in [0.1, 0.15) is 0 Å². The van der Waals surface area contributed by atoms with E-state index < -0.39 is 0 Å². The van der Waals surface area contributed by atoms with Gasteiger partial charge in [-0.05, 0) is 33.2 Å². The third-order valence-corrected chi connectivity index (χ3v) is 2.26.